The van der Waals surface area contributed by atoms with E-state index in [0.717, 1.165) is 22.4 Å². The second-order valence-corrected chi connectivity index (χ2v) is 8.98. The Kier molecular flexibility index (Phi) is 4.90. The molecule has 1 aromatic heterocycles. The van der Waals surface area contributed by atoms with Gasteiger partial charge < -0.3 is 0 Å². The summed E-state index contributed by atoms with van der Waals surface area (Å²) >= 11 is 0. The van der Waals surface area contributed by atoms with Crippen molar-refractivity contribution in [3.8, 4) is 11.3 Å². The summed E-state index contributed by atoms with van der Waals surface area (Å²) in [5.74, 6) is 1.76. The zero-order chi connectivity index (χ0) is 20.9. The fourth-order valence-electron chi connectivity index (χ4n) is 4.34. The summed E-state index contributed by atoms with van der Waals surface area (Å²) in [5.41, 5.74) is 8.56. The quantitative estimate of drug-likeness (QED) is 0.340. The molecule has 1 heterocycles. The van der Waals surface area contributed by atoms with Crippen molar-refractivity contribution in [1.29, 1.82) is 0 Å². The molecule has 0 saturated heterocycles. The monoisotopic (exact) mass is 382 g/mol. The molecule has 4 aromatic rings. The highest BCUT2D eigenvalue weighted by atomic mass is 14.9. The van der Waals surface area contributed by atoms with Gasteiger partial charge >= 0.3 is 0 Å². The minimum atomic E-state index is 0.432. The standard InChI is InChI=1S/C27H30N2/c1-15(2)21-13-20-8-9-23-26(22-11-17(5)10-18(6)12-22)28-19(7)29-27(23)25(20)24(14-21)16(3)4/h8-16H,1-7H3. The summed E-state index contributed by atoms with van der Waals surface area (Å²) < 4.78 is 0. The number of benzene rings is 3. The van der Waals surface area contributed by atoms with Crippen molar-refractivity contribution < 1.29 is 0 Å². The molecule has 0 saturated carbocycles. The third-order valence-electron chi connectivity index (χ3n) is 5.73. The lowest BCUT2D eigenvalue weighted by Crippen LogP contribution is -2.00. The van der Waals surface area contributed by atoms with Crippen LogP contribution < -0.4 is 0 Å². The van der Waals surface area contributed by atoms with Gasteiger partial charge in [0, 0.05) is 16.3 Å². The third kappa shape index (κ3) is 3.53. The summed E-state index contributed by atoms with van der Waals surface area (Å²) in [5, 5.41) is 3.68. The molecule has 29 heavy (non-hydrogen) atoms. The van der Waals surface area contributed by atoms with Crippen LogP contribution in [-0.4, -0.2) is 9.97 Å². The number of aromatic nitrogens is 2. The van der Waals surface area contributed by atoms with Crippen molar-refractivity contribution in [3.63, 3.8) is 0 Å². The maximum Gasteiger partial charge on any atom is 0.126 e. The molecular weight excluding hydrogens is 352 g/mol. The minimum absolute atomic E-state index is 0.432. The fourth-order valence-corrected chi connectivity index (χ4v) is 4.34. The van der Waals surface area contributed by atoms with Crippen molar-refractivity contribution in [2.24, 2.45) is 0 Å². The normalized spacial score (nSPS) is 11.9. The van der Waals surface area contributed by atoms with E-state index in [0.29, 0.717) is 11.8 Å². The first kappa shape index (κ1) is 19.6. The molecule has 0 N–H and O–H groups in total. The largest absolute Gasteiger partial charge is 0.233 e. The van der Waals surface area contributed by atoms with Crippen LogP contribution >= 0.6 is 0 Å². The molecule has 0 bridgehead atoms. The average molecular weight is 383 g/mol. The predicted molar refractivity (Wildman–Crippen MR) is 125 cm³/mol. The zero-order valence-corrected chi connectivity index (χ0v) is 18.6. The first-order valence-electron chi connectivity index (χ1n) is 10.6. The van der Waals surface area contributed by atoms with Gasteiger partial charge in [0.1, 0.15) is 5.82 Å². The molecule has 2 heteroatoms. The van der Waals surface area contributed by atoms with Gasteiger partial charge in [-0.05, 0) is 67.3 Å². The van der Waals surface area contributed by atoms with Crippen LogP contribution in [0.2, 0.25) is 0 Å². The Bertz CT molecular complexity index is 1210. The highest BCUT2D eigenvalue weighted by molar-refractivity contribution is 6.11. The Labute approximate surface area is 174 Å². The van der Waals surface area contributed by atoms with E-state index in [1.165, 1.54) is 38.6 Å². The average Bonchev–Trinajstić information content (AvgIpc) is 2.65. The maximum atomic E-state index is 4.94. The predicted octanol–water partition coefficient (Wildman–Crippen LogP) is 7.62. The fraction of sp³-hybridized carbons (Fsp3) is 0.333. The minimum Gasteiger partial charge on any atom is -0.233 e. The number of rotatable bonds is 3. The van der Waals surface area contributed by atoms with Gasteiger partial charge in [-0.15, -0.1) is 0 Å². The molecule has 0 aliphatic rings. The molecule has 0 aliphatic carbocycles. The summed E-state index contributed by atoms with van der Waals surface area (Å²) in [6.07, 6.45) is 0. The number of nitrogens with zero attached hydrogens (tertiary/aromatic N) is 2. The van der Waals surface area contributed by atoms with Gasteiger partial charge in [-0.1, -0.05) is 63.1 Å². The van der Waals surface area contributed by atoms with Crippen molar-refractivity contribution in [2.75, 3.05) is 0 Å². The van der Waals surface area contributed by atoms with Crippen LogP contribution in [0.5, 0.6) is 0 Å². The molecule has 0 amide bonds. The molecule has 148 valence electrons. The van der Waals surface area contributed by atoms with Gasteiger partial charge in [0.25, 0.3) is 0 Å². The lowest BCUT2D eigenvalue weighted by atomic mass is 9.88. The van der Waals surface area contributed by atoms with E-state index in [2.05, 4.69) is 84.0 Å². The molecule has 0 aliphatic heterocycles. The summed E-state index contributed by atoms with van der Waals surface area (Å²) in [7, 11) is 0. The molecule has 0 unspecified atom stereocenters. The molecule has 0 atom stereocenters. The molecule has 2 nitrogen and oxygen atoms in total. The molecular formula is C27H30N2. The lowest BCUT2D eigenvalue weighted by Gasteiger charge is -2.18. The Morgan fingerprint density at radius 2 is 1.41 bits per heavy atom. The van der Waals surface area contributed by atoms with Crippen LogP contribution in [0.1, 0.15) is 67.6 Å². The van der Waals surface area contributed by atoms with Crippen molar-refractivity contribution in [2.45, 2.75) is 60.3 Å². The van der Waals surface area contributed by atoms with Crippen LogP contribution in [0.4, 0.5) is 0 Å². The van der Waals surface area contributed by atoms with E-state index >= 15 is 0 Å². The smallest absolute Gasteiger partial charge is 0.126 e. The Morgan fingerprint density at radius 3 is 2.03 bits per heavy atom. The molecule has 0 radical (unpaired) electrons. The van der Waals surface area contributed by atoms with E-state index in [4.69, 9.17) is 9.97 Å². The van der Waals surface area contributed by atoms with Gasteiger partial charge in [0.2, 0.25) is 0 Å². The Morgan fingerprint density at radius 1 is 0.724 bits per heavy atom. The second kappa shape index (κ2) is 7.26. The van der Waals surface area contributed by atoms with Gasteiger partial charge in [-0.3, -0.25) is 0 Å². The van der Waals surface area contributed by atoms with Crippen LogP contribution in [-0.2, 0) is 0 Å². The van der Waals surface area contributed by atoms with Gasteiger partial charge in [0.05, 0.1) is 11.2 Å². The lowest BCUT2D eigenvalue weighted by molar-refractivity contribution is 0.842. The van der Waals surface area contributed by atoms with Crippen LogP contribution in [0.15, 0.2) is 42.5 Å². The first-order chi connectivity index (χ1) is 13.7. The topological polar surface area (TPSA) is 25.8 Å². The van der Waals surface area contributed by atoms with Crippen molar-refractivity contribution >= 4 is 21.7 Å². The van der Waals surface area contributed by atoms with E-state index in [-0.39, 0.29) is 0 Å². The van der Waals surface area contributed by atoms with Crippen LogP contribution in [0, 0.1) is 20.8 Å². The molecule has 0 spiro atoms. The molecule has 3 aromatic carbocycles. The summed E-state index contributed by atoms with van der Waals surface area (Å²) in [6, 6.07) is 15.8. The van der Waals surface area contributed by atoms with Crippen molar-refractivity contribution in [1.82, 2.24) is 9.97 Å². The van der Waals surface area contributed by atoms with Crippen LogP contribution in [0.3, 0.4) is 0 Å². The van der Waals surface area contributed by atoms with Crippen molar-refractivity contribution in [3.05, 3.63) is 70.5 Å². The van der Waals surface area contributed by atoms with E-state index < -0.39 is 0 Å². The van der Waals surface area contributed by atoms with Gasteiger partial charge in [0.15, 0.2) is 0 Å². The Balaban J connectivity index is 2.13. The van der Waals surface area contributed by atoms with E-state index in [9.17, 15) is 0 Å². The number of hydrogen-bond acceptors (Lipinski definition) is 2. The highest BCUT2D eigenvalue weighted by Gasteiger charge is 2.17. The van der Waals surface area contributed by atoms with Gasteiger partial charge in [-0.25, -0.2) is 9.97 Å². The van der Waals surface area contributed by atoms with Crippen LogP contribution in [0.25, 0.3) is 32.9 Å². The van der Waals surface area contributed by atoms with E-state index in [1.807, 2.05) is 6.92 Å². The van der Waals surface area contributed by atoms with Gasteiger partial charge in [-0.2, -0.15) is 0 Å². The number of aryl methyl sites for hydroxylation is 3. The van der Waals surface area contributed by atoms with E-state index in [1.54, 1.807) is 0 Å². The summed E-state index contributed by atoms with van der Waals surface area (Å²) in [4.78, 5) is 9.81. The number of fused-ring (bicyclic) bond motifs is 3. The third-order valence-corrected chi connectivity index (χ3v) is 5.73. The second-order valence-electron chi connectivity index (χ2n) is 8.98. The molecule has 4 rings (SSSR count). The SMILES string of the molecule is Cc1cc(C)cc(-c2nc(C)nc3c2ccc2cc(C(C)C)cc(C(C)C)c23)c1. The first-order valence-corrected chi connectivity index (χ1v) is 10.6. The maximum absolute atomic E-state index is 4.94. The number of hydrogen-bond donors (Lipinski definition) is 0. The Hall–Kier alpha value is -2.74. The zero-order valence-electron chi connectivity index (χ0n) is 18.6. The summed E-state index contributed by atoms with van der Waals surface area (Å²) in [6.45, 7) is 15.4. The highest BCUT2D eigenvalue weighted by Crippen LogP contribution is 2.37. The molecule has 0 fully saturated rings.